The van der Waals surface area contributed by atoms with E-state index in [1.165, 1.54) is 17.8 Å². The highest BCUT2D eigenvalue weighted by molar-refractivity contribution is 7.18. The molecular formula is C29H36N8OS. The molecule has 1 aliphatic heterocycles. The van der Waals surface area contributed by atoms with E-state index in [0.29, 0.717) is 11.7 Å². The van der Waals surface area contributed by atoms with Crippen LogP contribution in [0.5, 0.6) is 0 Å². The Kier molecular flexibility index (Phi) is 6.89. The molecule has 39 heavy (non-hydrogen) atoms. The number of nitrogens with zero attached hydrogens (tertiary/aromatic N) is 8. The molecule has 204 valence electrons. The lowest BCUT2D eigenvalue weighted by molar-refractivity contribution is 0.0993. The Morgan fingerprint density at radius 3 is 2.64 bits per heavy atom. The Hall–Kier alpha value is -3.29. The quantitative estimate of drug-likeness (QED) is 0.322. The Balaban J connectivity index is 1.30. The first-order valence-electron chi connectivity index (χ1n) is 14.1. The third kappa shape index (κ3) is 4.83. The van der Waals surface area contributed by atoms with Crippen LogP contribution in [0, 0.1) is 17.2 Å². The standard InChI is InChI=1S/C29H36N8OS/c1-5-21-17-36(25-14-27(38)34(4)37-15-20(11-12-30)31-28(25)37)22(6-2)16-35(21)18(3)23-9-10-24-29(33-23)39-26(32-24)13-19-7-8-19/h9-10,14-15,18-19,21-22H,5-8,11,13,16-17H2,1-4H3/t18?,21-,22+/m1/s1. The predicted molar refractivity (Wildman–Crippen MR) is 154 cm³/mol. The Morgan fingerprint density at radius 2 is 1.92 bits per heavy atom. The second-order valence-corrected chi connectivity index (χ2v) is 12.2. The van der Waals surface area contributed by atoms with E-state index in [9.17, 15) is 10.1 Å². The minimum atomic E-state index is -0.0831. The number of fused-ring (bicyclic) bond motifs is 2. The van der Waals surface area contributed by atoms with Crippen LogP contribution in [0.4, 0.5) is 5.69 Å². The number of rotatable bonds is 8. The van der Waals surface area contributed by atoms with Gasteiger partial charge in [-0.1, -0.05) is 25.2 Å². The van der Waals surface area contributed by atoms with Crippen LogP contribution < -0.4 is 10.5 Å². The number of hydrogen-bond acceptors (Lipinski definition) is 8. The number of anilines is 1. The molecule has 3 atom stereocenters. The van der Waals surface area contributed by atoms with Crippen molar-refractivity contribution >= 4 is 33.0 Å². The van der Waals surface area contributed by atoms with Crippen molar-refractivity contribution in [3.8, 4) is 6.07 Å². The predicted octanol–water partition coefficient (Wildman–Crippen LogP) is 4.50. The van der Waals surface area contributed by atoms with E-state index in [2.05, 4.69) is 48.8 Å². The van der Waals surface area contributed by atoms with E-state index in [0.717, 1.165) is 65.6 Å². The summed E-state index contributed by atoms with van der Waals surface area (Å²) in [5.74, 6) is 0.822. The van der Waals surface area contributed by atoms with Crippen molar-refractivity contribution in [1.82, 2.24) is 29.0 Å². The number of piperazine rings is 1. The van der Waals surface area contributed by atoms with E-state index in [1.807, 2.05) is 0 Å². The summed E-state index contributed by atoms with van der Waals surface area (Å²) in [6, 6.07) is 8.87. The molecule has 0 N–H and O–H groups in total. The summed E-state index contributed by atoms with van der Waals surface area (Å²) < 4.78 is 3.35. The molecule has 4 aromatic heterocycles. The van der Waals surface area contributed by atoms with Gasteiger partial charge in [-0.2, -0.15) is 5.26 Å². The van der Waals surface area contributed by atoms with Gasteiger partial charge in [-0.15, -0.1) is 0 Å². The summed E-state index contributed by atoms with van der Waals surface area (Å²) in [6.45, 7) is 8.39. The molecule has 1 aliphatic carbocycles. The Bertz CT molecular complexity index is 1610. The van der Waals surface area contributed by atoms with E-state index in [4.69, 9.17) is 15.0 Å². The summed E-state index contributed by atoms with van der Waals surface area (Å²) in [6.07, 6.45) is 7.71. The first-order valence-corrected chi connectivity index (χ1v) is 15.0. The van der Waals surface area contributed by atoms with Crippen LogP contribution in [0.15, 0.2) is 29.2 Å². The van der Waals surface area contributed by atoms with E-state index < -0.39 is 0 Å². The van der Waals surface area contributed by atoms with Gasteiger partial charge in [-0.05, 0) is 50.7 Å². The smallest absolute Gasteiger partial charge is 0.267 e. The fraction of sp³-hybridized carbons (Fsp3) is 0.552. The van der Waals surface area contributed by atoms with Crippen LogP contribution in [-0.2, 0) is 19.9 Å². The Labute approximate surface area is 232 Å². The molecule has 2 fully saturated rings. The first-order chi connectivity index (χ1) is 18.9. The summed E-state index contributed by atoms with van der Waals surface area (Å²) in [5.41, 5.74) is 4.29. The third-order valence-electron chi connectivity index (χ3n) is 8.53. The Morgan fingerprint density at radius 1 is 1.13 bits per heavy atom. The summed E-state index contributed by atoms with van der Waals surface area (Å²) in [5, 5.41) is 10.4. The van der Waals surface area contributed by atoms with E-state index in [-0.39, 0.29) is 24.1 Å². The first kappa shape index (κ1) is 26.0. The average Bonchev–Trinajstić information content (AvgIpc) is 3.50. The molecule has 0 spiro atoms. The van der Waals surface area contributed by atoms with Crippen molar-refractivity contribution in [2.75, 3.05) is 18.0 Å². The van der Waals surface area contributed by atoms with Gasteiger partial charge in [0.2, 0.25) is 0 Å². The van der Waals surface area contributed by atoms with Gasteiger partial charge >= 0.3 is 0 Å². The van der Waals surface area contributed by atoms with Crippen LogP contribution in [0.2, 0.25) is 0 Å². The molecule has 5 heterocycles. The topological polar surface area (TPSA) is 95.4 Å². The molecule has 2 aliphatic rings. The van der Waals surface area contributed by atoms with Crippen LogP contribution >= 0.6 is 11.3 Å². The fourth-order valence-electron chi connectivity index (χ4n) is 5.97. The van der Waals surface area contributed by atoms with Crippen LogP contribution in [-0.4, -0.2) is 54.2 Å². The maximum atomic E-state index is 12.9. The van der Waals surface area contributed by atoms with Gasteiger partial charge in [-0.3, -0.25) is 9.69 Å². The van der Waals surface area contributed by atoms with E-state index in [1.54, 1.807) is 39.8 Å². The zero-order valence-corrected chi connectivity index (χ0v) is 24.0. The number of thiazole rings is 1. The maximum Gasteiger partial charge on any atom is 0.267 e. The molecule has 1 saturated heterocycles. The highest BCUT2D eigenvalue weighted by atomic mass is 32.1. The summed E-state index contributed by atoms with van der Waals surface area (Å²) in [4.78, 5) is 33.7. The molecule has 0 bridgehead atoms. The zero-order chi connectivity index (χ0) is 27.3. The molecular weight excluding hydrogens is 508 g/mol. The molecule has 6 rings (SSSR count). The minimum Gasteiger partial charge on any atom is -0.362 e. The largest absolute Gasteiger partial charge is 0.362 e. The molecule has 0 aromatic carbocycles. The lowest BCUT2D eigenvalue weighted by Gasteiger charge is -2.49. The molecule has 9 nitrogen and oxygen atoms in total. The number of pyridine rings is 1. The van der Waals surface area contributed by atoms with Crippen molar-refractivity contribution in [1.29, 1.82) is 5.26 Å². The summed E-state index contributed by atoms with van der Waals surface area (Å²) in [7, 11) is 1.74. The fourth-order valence-corrected chi connectivity index (χ4v) is 7.03. The lowest BCUT2D eigenvalue weighted by atomic mass is 9.98. The van der Waals surface area contributed by atoms with Crippen molar-refractivity contribution < 1.29 is 0 Å². The van der Waals surface area contributed by atoms with Gasteiger partial charge in [0.1, 0.15) is 10.3 Å². The second-order valence-electron chi connectivity index (χ2n) is 11.1. The molecule has 1 saturated carbocycles. The molecule has 10 heteroatoms. The van der Waals surface area contributed by atoms with E-state index >= 15 is 0 Å². The lowest BCUT2D eigenvalue weighted by Crippen LogP contribution is -2.59. The van der Waals surface area contributed by atoms with Gasteiger partial charge in [0.25, 0.3) is 5.56 Å². The van der Waals surface area contributed by atoms with Gasteiger partial charge in [0.05, 0.1) is 40.8 Å². The SMILES string of the molecule is CC[C@H]1CN(C(C)c2ccc3nc(CC4CC4)sc3n2)[C@H](CC)CN1c1cc(=O)n(C)n2cc(CC#N)nc12. The molecule has 4 aromatic rings. The van der Waals surface area contributed by atoms with Gasteiger partial charge < -0.3 is 4.90 Å². The molecule has 0 amide bonds. The van der Waals surface area contributed by atoms with Gasteiger partial charge in [0, 0.05) is 50.7 Å². The van der Waals surface area contributed by atoms with Gasteiger partial charge in [0.15, 0.2) is 5.65 Å². The number of aryl methyl sites for hydroxylation is 1. The molecule has 1 unspecified atom stereocenters. The highest BCUT2D eigenvalue weighted by Gasteiger charge is 2.37. The van der Waals surface area contributed by atoms with Crippen molar-refractivity contribution in [2.24, 2.45) is 13.0 Å². The third-order valence-corrected chi connectivity index (χ3v) is 9.51. The van der Waals surface area contributed by atoms with Crippen molar-refractivity contribution in [3.05, 3.63) is 51.1 Å². The van der Waals surface area contributed by atoms with Crippen molar-refractivity contribution in [2.45, 2.75) is 77.4 Å². The zero-order valence-electron chi connectivity index (χ0n) is 23.2. The van der Waals surface area contributed by atoms with Crippen LogP contribution in [0.3, 0.4) is 0 Å². The van der Waals surface area contributed by atoms with Gasteiger partial charge in [-0.25, -0.2) is 24.1 Å². The average molecular weight is 545 g/mol. The minimum absolute atomic E-state index is 0.0831. The highest BCUT2D eigenvalue weighted by Crippen LogP contribution is 2.36. The number of nitriles is 1. The normalized spacial score (nSPS) is 21.1. The second kappa shape index (κ2) is 10.4. The maximum absolute atomic E-state index is 12.9. The van der Waals surface area contributed by atoms with Crippen LogP contribution in [0.1, 0.15) is 68.9 Å². The number of hydrogen-bond donors (Lipinski definition) is 0. The van der Waals surface area contributed by atoms with Crippen LogP contribution in [0.25, 0.3) is 16.0 Å². The molecule has 0 radical (unpaired) electrons. The number of aromatic nitrogens is 5. The summed E-state index contributed by atoms with van der Waals surface area (Å²) >= 11 is 1.75. The number of imidazole rings is 1. The van der Waals surface area contributed by atoms with Crippen molar-refractivity contribution in [3.63, 3.8) is 0 Å². The monoisotopic (exact) mass is 544 g/mol.